The van der Waals surface area contributed by atoms with E-state index in [0.29, 0.717) is 6.04 Å². The Bertz CT molecular complexity index is 605. The van der Waals surface area contributed by atoms with E-state index in [-0.39, 0.29) is 0 Å². The molecule has 2 nitrogen and oxygen atoms in total. The molecule has 100 valence electrons. The Morgan fingerprint density at radius 1 is 1.42 bits per heavy atom. The molecular weight excluding hydrogens is 256 g/mol. The highest BCUT2D eigenvalue weighted by atomic mass is 35.5. The first-order chi connectivity index (χ1) is 9.13. The number of aromatic nitrogens is 1. The molecule has 2 aromatic rings. The van der Waals surface area contributed by atoms with E-state index in [1.807, 2.05) is 24.3 Å². The van der Waals surface area contributed by atoms with Crippen molar-refractivity contribution in [1.82, 2.24) is 10.3 Å². The van der Waals surface area contributed by atoms with Gasteiger partial charge in [-0.15, -0.1) is 0 Å². The number of nitrogens with one attached hydrogen (secondary N) is 1. The van der Waals surface area contributed by atoms with Crippen molar-refractivity contribution in [3.63, 3.8) is 0 Å². The van der Waals surface area contributed by atoms with Crippen molar-refractivity contribution in [3.8, 4) is 0 Å². The average Bonchev–Trinajstić information content (AvgIpc) is 2.42. The van der Waals surface area contributed by atoms with Crippen LogP contribution in [0.1, 0.15) is 26.3 Å². The third-order valence-corrected chi connectivity index (χ3v) is 3.65. The average molecular weight is 275 g/mol. The molecule has 0 aliphatic heterocycles. The fourth-order valence-electron chi connectivity index (χ4n) is 2.11. The molecule has 0 bridgehead atoms. The number of pyridine rings is 1. The van der Waals surface area contributed by atoms with Gasteiger partial charge in [0.1, 0.15) is 0 Å². The fraction of sp³-hybridized carbons (Fsp3) is 0.312. The molecule has 1 N–H and O–H groups in total. The summed E-state index contributed by atoms with van der Waals surface area (Å²) in [7, 11) is 0. The van der Waals surface area contributed by atoms with Crippen LogP contribution in [0.2, 0.25) is 5.02 Å². The summed E-state index contributed by atoms with van der Waals surface area (Å²) in [5.41, 5.74) is 3.36. The van der Waals surface area contributed by atoms with Gasteiger partial charge in [-0.3, -0.25) is 4.98 Å². The van der Waals surface area contributed by atoms with E-state index in [9.17, 15) is 0 Å². The number of fused-ring (bicyclic) bond motifs is 1. The topological polar surface area (TPSA) is 24.9 Å². The van der Waals surface area contributed by atoms with Crippen LogP contribution in [0.3, 0.4) is 0 Å². The van der Waals surface area contributed by atoms with Gasteiger partial charge in [-0.1, -0.05) is 36.2 Å². The largest absolute Gasteiger partial charge is 0.311 e. The number of hydrogen-bond acceptors (Lipinski definition) is 2. The minimum Gasteiger partial charge on any atom is -0.311 e. The van der Waals surface area contributed by atoms with Gasteiger partial charge in [0.25, 0.3) is 0 Å². The molecule has 0 aliphatic rings. The van der Waals surface area contributed by atoms with Gasteiger partial charge < -0.3 is 5.32 Å². The molecule has 0 fully saturated rings. The molecule has 0 aliphatic carbocycles. The molecule has 19 heavy (non-hydrogen) atoms. The number of nitrogens with zero attached hydrogens (tertiary/aromatic N) is 1. The van der Waals surface area contributed by atoms with E-state index in [4.69, 9.17) is 11.6 Å². The van der Waals surface area contributed by atoms with Crippen LogP contribution >= 0.6 is 11.6 Å². The fourth-order valence-corrected chi connectivity index (χ4v) is 2.33. The van der Waals surface area contributed by atoms with E-state index in [0.717, 1.165) is 28.0 Å². The molecule has 1 heterocycles. The number of halogens is 1. The molecule has 1 aromatic carbocycles. The predicted molar refractivity (Wildman–Crippen MR) is 83.5 cm³/mol. The smallest absolute Gasteiger partial charge is 0.0789 e. The Morgan fingerprint density at radius 3 is 2.95 bits per heavy atom. The van der Waals surface area contributed by atoms with Gasteiger partial charge in [-0.05, 0) is 38.6 Å². The second-order valence-corrected chi connectivity index (χ2v) is 5.11. The molecular formula is C16H19ClN2. The molecule has 0 radical (unpaired) electrons. The summed E-state index contributed by atoms with van der Waals surface area (Å²) in [6.45, 7) is 7.38. The summed E-state index contributed by atoms with van der Waals surface area (Å²) in [6, 6.07) is 8.24. The first-order valence-corrected chi connectivity index (χ1v) is 6.96. The summed E-state index contributed by atoms with van der Waals surface area (Å²) in [5, 5.41) is 5.16. The first-order valence-electron chi connectivity index (χ1n) is 6.58. The third-order valence-electron chi connectivity index (χ3n) is 3.32. The van der Waals surface area contributed by atoms with Crippen LogP contribution < -0.4 is 5.32 Å². The third kappa shape index (κ3) is 3.14. The molecule has 0 spiro atoms. The van der Waals surface area contributed by atoms with E-state index in [1.54, 1.807) is 6.20 Å². The monoisotopic (exact) mass is 274 g/mol. The standard InChI is InChI=1S/C16H19ClN2/c1-4-18-12(3)11(2)10-13-7-8-15(17)14-6-5-9-19-16(13)14/h5-10,12,18H,4H2,1-3H3/b11-10+. The second-order valence-electron chi connectivity index (χ2n) is 4.70. The zero-order valence-electron chi connectivity index (χ0n) is 11.6. The summed E-state index contributed by atoms with van der Waals surface area (Å²) in [5.74, 6) is 0. The van der Waals surface area contributed by atoms with Crippen molar-refractivity contribution < 1.29 is 0 Å². The van der Waals surface area contributed by atoms with Gasteiger partial charge in [-0.2, -0.15) is 0 Å². The maximum Gasteiger partial charge on any atom is 0.0789 e. The Morgan fingerprint density at radius 2 is 2.21 bits per heavy atom. The Labute approximate surface area is 119 Å². The van der Waals surface area contributed by atoms with Crippen molar-refractivity contribution in [1.29, 1.82) is 0 Å². The van der Waals surface area contributed by atoms with Crippen LogP contribution in [-0.2, 0) is 0 Å². The van der Waals surface area contributed by atoms with Gasteiger partial charge in [0.15, 0.2) is 0 Å². The lowest BCUT2D eigenvalue weighted by molar-refractivity contribution is 0.636. The van der Waals surface area contributed by atoms with Crippen LogP contribution in [0.15, 0.2) is 36.0 Å². The van der Waals surface area contributed by atoms with Crippen molar-refractivity contribution >= 4 is 28.6 Å². The maximum absolute atomic E-state index is 6.20. The predicted octanol–water partition coefficient (Wildman–Crippen LogP) is 4.29. The van der Waals surface area contributed by atoms with Crippen molar-refractivity contribution in [2.45, 2.75) is 26.8 Å². The van der Waals surface area contributed by atoms with E-state index in [1.165, 1.54) is 5.57 Å². The lowest BCUT2D eigenvalue weighted by Gasteiger charge is -2.13. The Balaban J connectivity index is 2.46. The second kappa shape index (κ2) is 6.18. The lowest BCUT2D eigenvalue weighted by atomic mass is 10.0. The van der Waals surface area contributed by atoms with Gasteiger partial charge >= 0.3 is 0 Å². The van der Waals surface area contributed by atoms with Crippen LogP contribution in [0.5, 0.6) is 0 Å². The SMILES string of the molecule is CCNC(C)/C(C)=C/c1ccc(Cl)c2cccnc12. The summed E-state index contributed by atoms with van der Waals surface area (Å²) in [6.07, 6.45) is 3.98. The highest BCUT2D eigenvalue weighted by Crippen LogP contribution is 2.26. The van der Waals surface area contributed by atoms with E-state index < -0.39 is 0 Å². The first kappa shape index (κ1) is 14.0. The number of benzene rings is 1. The van der Waals surface area contributed by atoms with Crippen LogP contribution in [0.4, 0.5) is 0 Å². The molecule has 0 saturated carbocycles. The minimum atomic E-state index is 0.361. The highest BCUT2D eigenvalue weighted by molar-refractivity contribution is 6.35. The minimum absolute atomic E-state index is 0.361. The molecule has 3 heteroatoms. The molecule has 2 rings (SSSR count). The van der Waals surface area contributed by atoms with Crippen LogP contribution in [0.25, 0.3) is 17.0 Å². The van der Waals surface area contributed by atoms with Gasteiger partial charge in [-0.25, -0.2) is 0 Å². The van der Waals surface area contributed by atoms with E-state index in [2.05, 4.69) is 37.1 Å². The van der Waals surface area contributed by atoms with Gasteiger partial charge in [0.2, 0.25) is 0 Å². The maximum atomic E-state index is 6.20. The number of hydrogen-bond donors (Lipinski definition) is 1. The zero-order chi connectivity index (χ0) is 13.8. The lowest BCUT2D eigenvalue weighted by Crippen LogP contribution is -2.26. The molecule has 0 saturated heterocycles. The number of rotatable bonds is 4. The number of likely N-dealkylation sites (N-methyl/N-ethyl adjacent to an activating group) is 1. The molecule has 1 unspecified atom stereocenters. The van der Waals surface area contributed by atoms with Crippen LogP contribution in [0, 0.1) is 0 Å². The van der Waals surface area contributed by atoms with E-state index >= 15 is 0 Å². The van der Waals surface area contributed by atoms with Gasteiger partial charge in [0, 0.05) is 23.2 Å². The summed E-state index contributed by atoms with van der Waals surface area (Å²) < 4.78 is 0. The normalized spacial score (nSPS) is 13.8. The van der Waals surface area contributed by atoms with Crippen LogP contribution in [-0.4, -0.2) is 17.6 Å². The summed E-state index contributed by atoms with van der Waals surface area (Å²) >= 11 is 6.20. The summed E-state index contributed by atoms with van der Waals surface area (Å²) in [4.78, 5) is 4.45. The molecule has 1 aromatic heterocycles. The van der Waals surface area contributed by atoms with Crippen molar-refractivity contribution in [2.24, 2.45) is 0 Å². The van der Waals surface area contributed by atoms with Crippen molar-refractivity contribution in [2.75, 3.05) is 6.54 Å². The molecule has 0 amide bonds. The quantitative estimate of drug-likeness (QED) is 0.900. The molecule has 1 atom stereocenters. The highest BCUT2D eigenvalue weighted by Gasteiger charge is 2.06. The Hall–Kier alpha value is -1.38. The Kier molecular flexibility index (Phi) is 4.56. The van der Waals surface area contributed by atoms with Gasteiger partial charge in [0.05, 0.1) is 10.5 Å². The van der Waals surface area contributed by atoms with Crippen molar-refractivity contribution in [3.05, 3.63) is 46.6 Å². The zero-order valence-corrected chi connectivity index (χ0v) is 12.3.